The Morgan fingerprint density at radius 3 is 2.11 bits per heavy atom. The van der Waals surface area contributed by atoms with Crippen LogP contribution < -0.4 is 15.4 Å². The molecule has 3 N–H and O–H groups in total. The van der Waals surface area contributed by atoms with Crippen molar-refractivity contribution >= 4 is 23.6 Å². The van der Waals surface area contributed by atoms with Crippen molar-refractivity contribution in [2.24, 2.45) is 5.73 Å². The summed E-state index contributed by atoms with van der Waals surface area (Å²) in [7, 11) is 4.61. The first-order valence-corrected chi connectivity index (χ1v) is 10.4. The average Bonchev–Trinajstić information content (AvgIpc) is 2.91. The maximum Gasteiger partial charge on any atom is 0.355 e. The normalized spacial score (nSPS) is 15.2. The molecule has 1 unspecified atom stereocenters. The Kier molecular flexibility index (Phi) is 7.49. The van der Waals surface area contributed by atoms with E-state index in [0.29, 0.717) is 5.56 Å². The molecule has 0 fully saturated rings. The monoisotopic (exact) mass is 493 g/mol. The third-order valence-electron chi connectivity index (χ3n) is 5.55. The van der Waals surface area contributed by atoms with Crippen molar-refractivity contribution in [2.75, 3.05) is 33.3 Å². The SMILES string of the molecule is COC(=O)C1=C(C(=O)OC)N(c2cc(C(=O)OC)cc(OC)c2O)C(N)=C(C#N)C1c1ccccc1. The first kappa shape index (κ1) is 25.6. The molecule has 0 amide bonds. The van der Waals surface area contributed by atoms with Crippen LogP contribution in [0.5, 0.6) is 11.5 Å². The lowest BCUT2D eigenvalue weighted by Crippen LogP contribution is -2.40. The Balaban J connectivity index is 2.49. The number of methoxy groups -OCH3 is 4. The third kappa shape index (κ3) is 4.27. The van der Waals surface area contributed by atoms with E-state index in [2.05, 4.69) is 0 Å². The highest BCUT2D eigenvalue weighted by Gasteiger charge is 2.44. The fraction of sp³-hybridized carbons (Fsp3) is 0.200. The minimum absolute atomic E-state index is 0.0672. The molecule has 0 spiro atoms. The number of nitrogens with zero attached hydrogens (tertiary/aromatic N) is 2. The van der Waals surface area contributed by atoms with Crippen molar-refractivity contribution in [3.05, 3.63) is 76.3 Å². The van der Waals surface area contributed by atoms with Gasteiger partial charge in [0.15, 0.2) is 11.5 Å². The zero-order valence-electron chi connectivity index (χ0n) is 19.9. The van der Waals surface area contributed by atoms with Gasteiger partial charge in [-0.05, 0) is 17.7 Å². The van der Waals surface area contributed by atoms with E-state index in [1.807, 2.05) is 6.07 Å². The summed E-state index contributed by atoms with van der Waals surface area (Å²) in [5.41, 5.74) is 5.79. The summed E-state index contributed by atoms with van der Waals surface area (Å²) in [6.45, 7) is 0. The fourth-order valence-electron chi connectivity index (χ4n) is 3.92. The van der Waals surface area contributed by atoms with Crippen LogP contribution >= 0.6 is 0 Å². The van der Waals surface area contributed by atoms with Gasteiger partial charge in [0.1, 0.15) is 11.5 Å². The average molecular weight is 493 g/mol. The van der Waals surface area contributed by atoms with Gasteiger partial charge in [0.25, 0.3) is 0 Å². The predicted octanol–water partition coefficient (Wildman–Crippen LogP) is 2.09. The molecular weight excluding hydrogens is 470 g/mol. The number of anilines is 1. The van der Waals surface area contributed by atoms with E-state index in [1.54, 1.807) is 30.3 Å². The maximum atomic E-state index is 13.1. The summed E-state index contributed by atoms with van der Waals surface area (Å²) in [6.07, 6.45) is 0. The molecular formula is C25H23N3O8. The van der Waals surface area contributed by atoms with Crippen molar-refractivity contribution in [3.8, 4) is 17.6 Å². The number of hydrogen-bond donors (Lipinski definition) is 2. The van der Waals surface area contributed by atoms with E-state index >= 15 is 0 Å². The largest absolute Gasteiger partial charge is 0.503 e. The molecule has 11 nitrogen and oxygen atoms in total. The molecule has 0 aromatic heterocycles. The fourth-order valence-corrected chi connectivity index (χ4v) is 3.92. The van der Waals surface area contributed by atoms with Gasteiger partial charge in [-0.25, -0.2) is 14.4 Å². The molecule has 1 aliphatic heterocycles. The lowest BCUT2D eigenvalue weighted by atomic mass is 9.81. The molecule has 186 valence electrons. The number of hydrogen-bond acceptors (Lipinski definition) is 11. The van der Waals surface area contributed by atoms with Gasteiger partial charge in [-0.15, -0.1) is 0 Å². The number of carbonyl (C=O) groups excluding carboxylic acids is 3. The van der Waals surface area contributed by atoms with Crippen molar-refractivity contribution < 1.29 is 38.4 Å². The molecule has 3 rings (SSSR count). The van der Waals surface area contributed by atoms with Crippen LogP contribution in [0, 0.1) is 11.3 Å². The van der Waals surface area contributed by atoms with Crippen LogP contribution in [0.4, 0.5) is 5.69 Å². The van der Waals surface area contributed by atoms with E-state index in [9.17, 15) is 24.8 Å². The zero-order chi connectivity index (χ0) is 26.6. The second kappa shape index (κ2) is 10.5. The standard InChI is InChI=1S/C25H23N3O8/c1-33-17-11-14(23(30)34-2)10-16(21(17)29)28-20(25(32)36-4)19(24(31)35-3)18(15(12-26)22(28)27)13-8-6-5-7-9-13/h5-11,18,29H,27H2,1-4H3. The second-order valence-corrected chi connectivity index (χ2v) is 7.37. The van der Waals surface area contributed by atoms with Crippen molar-refractivity contribution in [1.29, 1.82) is 5.26 Å². The quantitative estimate of drug-likeness (QED) is 0.448. The van der Waals surface area contributed by atoms with Gasteiger partial charge in [-0.3, -0.25) is 4.90 Å². The smallest absolute Gasteiger partial charge is 0.355 e. The molecule has 2 aromatic rings. The number of esters is 3. The molecule has 0 saturated heterocycles. The van der Waals surface area contributed by atoms with Gasteiger partial charge in [0, 0.05) is 0 Å². The van der Waals surface area contributed by atoms with Crippen LogP contribution in [0.3, 0.4) is 0 Å². The summed E-state index contributed by atoms with van der Waals surface area (Å²) >= 11 is 0. The first-order chi connectivity index (χ1) is 17.2. The predicted molar refractivity (Wildman–Crippen MR) is 126 cm³/mol. The number of carbonyl (C=O) groups is 3. The highest BCUT2D eigenvalue weighted by molar-refractivity contribution is 6.07. The van der Waals surface area contributed by atoms with E-state index in [1.165, 1.54) is 19.2 Å². The highest BCUT2D eigenvalue weighted by Crippen LogP contribution is 2.47. The number of benzene rings is 2. The van der Waals surface area contributed by atoms with Crippen molar-refractivity contribution in [3.63, 3.8) is 0 Å². The van der Waals surface area contributed by atoms with E-state index in [0.717, 1.165) is 26.2 Å². The number of ether oxygens (including phenoxy) is 4. The highest BCUT2D eigenvalue weighted by atomic mass is 16.5. The summed E-state index contributed by atoms with van der Waals surface area (Å²) in [5.74, 6) is -4.82. The molecule has 36 heavy (non-hydrogen) atoms. The third-order valence-corrected chi connectivity index (χ3v) is 5.55. The summed E-state index contributed by atoms with van der Waals surface area (Å²) in [4.78, 5) is 39.5. The molecule has 1 aliphatic rings. The molecule has 11 heteroatoms. The Morgan fingerprint density at radius 1 is 0.972 bits per heavy atom. The lowest BCUT2D eigenvalue weighted by Gasteiger charge is -2.36. The van der Waals surface area contributed by atoms with Crippen LogP contribution in [-0.4, -0.2) is 51.5 Å². The molecule has 0 aliphatic carbocycles. The molecule has 2 aromatic carbocycles. The number of allylic oxidation sites excluding steroid dienone is 1. The first-order valence-electron chi connectivity index (χ1n) is 10.4. The molecule has 0 bridgehead atoms. The van der Waals surface area contributed by atoms with E-state index in [-0.39, 0.29) is 34.0 Å². The minimum atomic E-state index is -1.10. The van der Waals surface area contributed by atoms with Crippen LogP contribution in [0.25, 0.3) is 0 Å². The Labute approximate surface area is 206 Å². The lowest BCUT2D eigenvalue weighted by molar-refractivity contribution is -0.139. The molecule has 1 heterocycles. The maximum absolute atomic E-state index is 13.1. The molecule has 0 saturated carbocycles. The topological polar surface area (TPSA) is 161 Å². The Morgan fingerprint density at radius 2 is 1.58 bits per heavy atom. The van der Waals surface area contributed by atoms with Gasteiger partial charge >= 0.3 is 17.9 Å². The summed E-state index contributed by atoms with van der Waals surface area (Å²) in [6, 6.07) is 12.8. The van der Waals surface area contributed by atoms with E-state index < -0.39 is 35.3 Å². The minimum Gasteiger partial charge on any atom is -0.503 e. The van der Waals surface area contributed by atoms with Gasteiger partial charge in [0.2, 0.25) is 0 Å². The second-order valence-electron chi connectivity index (χ2n) is 7.37. The van der Waals surface area contributed by atoms with Gasteiger partial charge in [-0.1, -0.05) is 30.3 Å². The van der Waals surface area contributed by atoms with Gasteiger partial charge in [-0.2, -0.15) is 5.26 Å². The summed E-state index contributed by atoms with van der Waals surface area (Å²) in [5, 5.41) is 21.1. The zero-order valence-corrected chi connectivity index (χ0v) is 19.9. The Bertz CT molecular complexity index is 1320. The van der Waals surface area contributed by atoms with Gasteiger partial charge < -0.3 is 29.8 Å². The Hall–Kier alpha value is -4.98. The van der Waals surface area contributed by atoms with Gasteiger partial charge in [0.05, 0.1) is 62.8 Å². The van der Waals surface area contributed by atoms with E-state index in [4.69, 9.17) is 24.7 Å². The number of aromatic hydroxyl groups is 1. The van der Waals surface area contributed by atoms with Crippen LogP contribution in [0.1, 0.15) is 21.8 Å². The molecule has 1 atom stereocenters. The number of rotatable bonds is 6. The number of nitriles is 1. The number of nitrogens with two attached hydrogens (primary N) is 1. The number of phenolic OH excluding ortho intramolecular Hbond substituents is 1. The molecule has 0 radical (unpaired) electrons. The van der Waals surface area contributed by atoms with Crippen molar-refractivity contribution in [1.82, 2.24) is 0 Å². The van der Waals surface area contributed by atoms with Crippen LogP contribution in [0.15, 0.2) is 65.1 Å². The van der Waals surface area contributed by atoms with Crippen molar-refractivity contribution in [2.45, 2.75) is 5.92 Å². The van der Waals surface area contributed by atoms with Crippen LogP contribution in [0.2, 0.25) is 0 Å². The summed E-state index contributed by atoms with van der Waals surface area (Å²) < 4.78 is 19.9. The number of phenols is 1. The van der Waals surface area contributed by atoms with Crippen LogP contribution in [-0.2, 0) is 23.8 Å².